The van der Waals surface area contributed by atoms with E-state index in [1.165, 1.54) is 32.1 Å². The Morgan fingerprint density at radius 1 is 1.11 bits per heavy atom. The number of aliphatic hydroxyl groups is 2. The van der Waals surface area contributed by atoms with Crippen LogP contribution in [0.4, 0.5) is 5.82 Å². The van der Waals surface area contributed by atoms with Gasteiger partial charge in [0.2, 0.25) is 5.28 Å². The molecular formula is C24H38ClN5O5P2. The van der Waals surface area contributed by atoms with Gasteiger partial charge in [-0.15, -0.1) is 0 Å². The minimum atomic E-state index is -2.67. The lowest BCUT2D eigenvalue weighted by atomic mass is 9.73. The lowest BCUT2D eigenvalue weighted by Crippen LogP contribution is -2.32. The van der Waals surface area contributed by atoms with Crippen molar-refractivity contribution in [1.82, 2.24) is 19.5 Å². The molecule has 3 fully saturated rings. The van der Waals surface area contributed by atoms with Gasteiger partial charge >= 0.3 is 0 Å². The fourth-order valence-corrected chi connectivity index (χ4v) is 13.8. The normalized spacial score (nSPS) is 29.8. The van der Waals surface area contributed by atoms with Gasteiger partial charge in [-0.25, -0.2) is 4.98 Å². The maximum Gasteiger partial charge on any atom is 0.226 e. The van der Waals surface area contributed by atoms with Crippen LogP contribution in [-0.4, -0.2) is 93.2 Å². The van der Waals surface area contributed by atoms with Crippen LogP contribution in [0.2, 0.25) is 5.28 Å². The number of hydrogen-bond donors (Lipinski definition) is 2. The van der Waals surface area contributed by atoms with Gasteiger partial charge in [0.15, 0.2) is 23.2 Å². The highest BCUT2D eigenvalue weighted by Crippen LogP contribution is 2.56. The van der Waals surface area contributed by atoms with Crippen molar-refractivity contribution in [3.63, 3.8) is 0 Å². The van der Waals surface area contributed by atoms with E-state index in [-0.39, 0.29) is 23.8 Å². The lowest BCUT2D eigenvalue weighted by Gasteiger charge is -2.33. The first-order valence-corrected chi connectivity index (χ1v) is 18.8. The number of nitrogens with zero attached hydrogens (tertiary/aromatic N) is 5. The fraction of sp³-hybridized carbons (Fsp3) is 0.792. The standard InChI is InChI=1S/C24H38ClN5O5P2/c1-36(2,33)15-37(3,34)12-7-16-18(31)19(32)22(35-16)30-14-26-17-20(27-23(25)28-21(17)30)29-11-10-24(13-29)8-5-4-6-9-24/h14,16,18-19,22,31-32H,4-13,15H2,1-3H3/t16-,18?,19+,22-,37?/m1/s1. The summed E-state index contributed by atoms with van der Waals surface area (Å²) in [6.07, 6.45) is 5.51. The summed E-state index contributed by atoms with van der Waals surface area (Å²) in [5.74, 6) is 0.869. The second kappa shape index (κ2) is 10.2. The van der Waals surface area contributed by atoms with Gasteiger partial charge in [0.25, 0.3) is 0 Å². The van der Waals surface area contributed by atoms with Crippen molar-refractivity contribution >= 4 is 42.9 Å². The van der Waals surface area contributed by atoms with Gasteiger partial charge in [0.05, 0.1) is 32.6 Å². The van der Waals surface area contributed by atoms with Gasteiger partial charge in [-0.1, -0.05) is 19.3 Å². The molecule has 4 heterocycles. The van der Waals surface area contributed by atoms with E-state index in [2.05, 4.69) is 19.9 Å². The van der Waals surface area contributed by atoms with Crippen LogP contribution < -0.4 is 4.90 Å². The number of anilines is 1. The first kappa shape index (κ1) is 27.5. The summed E-state index contributed by atoms with van der Waals surface area (Å²) in [5, 5.41) is 21.7. The molecule has 10 nitrogen and oxygen atoms in total. The lowest BCUT2D eigenvalue weighted by molar-refractivity contribution is -0.0353. The maximum absolute atomic E-state index is 12.9. The van der Waals surface area contributed by atoms with Crippen molar-refractivity contribution in [2.24, 2.45) is 5.41 Å². The highest BCUT2D eigenvalue weighted by Gasteiger charge is 2.45. The van der Waals surface area contributed by atoms with Crippen LogP contribution in [-0.2, 0) is 13.9 Å². The molecule has 2 aromatic rings. The number of fused-ring (bicyclic) bond motifs is 1. The Morgan fingerprint density at radius 2 is 1.84 bits per heavy atom. The zero-order chi connectivity index (χ0) is 26.6. The topological polar surface area (TPSA) is 131 Å². The largest absolute Gasteiger partial charge is 0.388 e. The number of aromatic nitrogens is 4. The molecule has 0 bridgehead atoms. The highest BCUT2D eigenvalue weighted by molar-refractivity contribution is 7.79. The summed E-state index contributed by atoms with van der Waals surface area (Å²) in [4.78, 5) is 15.8. The first-order valence-electron chi connectivity index (χ1n) is 13.1. The Morgan fingerprint density at radius 3 is 2.54 bits per heavy atom. The minimum absolute atomic E-state index is 0.0916. The molecule has 1 saturated carbocycles. The predicted octanol–water partition coefficient (Wildman–Crippen LogP) is 4.22. The van der Waals surface area contributed by atoms with Crippen LogP contribution in [0.25, 0.3) is 11.2 Å². The summed E-state index contributed by atoms with van der Waals surface area (Å²) >= 11 is 6.36. The molecule has 2 N–H and O–H groups in total. The number of aliphatic hydroxyl groups excluding tert-OH is 2. The number of ether oxygens (including phenoxy) is 1. The molecule has 0 amide bonds. The summed E-state index contributed by atoms with van der Waals surface area (Å²) in [6, 6.07) is 0. The fourth-order valence-electron chi connectivity index (χ4n) is 6.50. The Balaban J connectivity index is 1.36. The quantitative estimate of drug-likeness (QED) is 0.369. The smallest absolute Gasteiger partial charge is 0.226 e. The molecule has 3 aliphatic rings. The highest BCUT2D eigenvalue weighted by atomic mass is 35.5. The average molecular weight is 574 g/mol. The van der Waals surface area contributed by atoms with Crippen LogP contribution in [0.1, 0.15) is 51.2 Å². The number of imidazole rings is 1. The van der Waals surface area contributed by atoms with Crippen LogP contribution in [0.5, 0.6) is 0 Å². The van der Waals surface area contributed by atoms with Crippen molar-refractivity contribution < 1.29 is 24.1 Å². The molecule has 13 heteroatoms. The maximum atomic E-state index is 12.9. The van der Waals surface area contributed by atoms with Crippen LogP contribution in [0.15, 0.2) is 6.33 Å². The van der Waals surface area contributed by atoms with Gasteiger partial charge in [0, 0.05) is 19.3 Å². The molecule has 5 atom stereocenters. The molecule has 2 saturated heterocycles. The molecule has 1 aliphatic carbocycles. The molecule has 1 spiro atoms. The van der Waals surface area contributed by atoms with Gasteiger partial charge in [-0.05, 0) is 62.7 Å². The van der Waals surface area contributed by atoms with Crippen molar-refractivity contribution in [2.45, 2.75) is 69.5 Å². The summed E-state index contributed by atoms with van der Waals surface area (Å²) < 4.78 is 32.8. The molecular weight excluding hydrogens is 536 g/mol. The van der Waals surface area contributed by atoms with Gasteiger partial charge in [-0.2, -0.15) is 9.97 Å². The van der Waals surface area contributed by atoms with Crippen LogP contribution in [0, 0.1) is 5.41 Å². The molecule has 206 valence electrons. The second-order valence-corrected chi connectivity index (χ2v) is 19.6. The zero-order valence-corrected chi connectivity index (χ0v) is 24.3. The van der Waals surface area contributed by atoms with Crippen molar-refractivity contribution in [1.29, 1.82) is 0 Å². The average Bonchev–Trinajstić information content (AvgIpc) is 3.48. The van der Waals surface area contributed by atoms with E-state index in [4.69, 9.17) is 16.3 Å². The van der Waals surface area contributed by atoms with Crippen LogP contribution in [0.3, 0.4) is 0 Å². The van der Waals surface area contributed by atoms with E-state index in [1.807, 2.05) is 0 Å². The third kappa shape index (κ3) is 5.80. The minimum Gasteiger partial charge on any atom is -0.388 e. The second-order valence-electron chi connectivity index (χ2n) is 11.9. The van der Waals surface area contributed by atoms with E-state index in [0.717, 1.165) is 19.5 Å². The van der Waals surface area contributed by atoms with E-state index in [1.54, 1.807) is 30.9 Å². The van der Waals surface area contributed by atoms with E-state index in [0.29, 0.717) is 22.4 Å². The van der Waals surface area contributed by atoms with E-state index < -0.39 is 38.8 Å². The van der Waals surface area contributed by atoms with Crippen molar-refractivity contribution in [2.75, 3.05) is 50.0 Å². The Kier molecular flexibility index (Phi) is 7.58. The summed E-state index contributed by atoms with van der Waals surface area (Å²) in [5.41, 5.74) is 1.36. The molecule has 5 rings (SSSR count). The molecule has 2 aromatic heterocycles. The molecule has 0 aromatic carbocycles. The molecule has 2 unspecified atom stereocenters. The summed E-state index contributed by atoms with van der Waals surface area (Å²) in [6.45, 7) is 6.71. The van der Waals surface area contributed by atoms with E-state index >= 15 is 0 Å². The van der Waals surface area contributed by atoms with Gasteiger partial charge < -0.3 is 29.0 Å². The molecule has 2 aliphatic heterocycles. The van der Waals surface area contributed by atoms with Crippen molar-refractivity contribution in [3.05, 3.63) is 11.6 Å². The Hall–Kier alpha value is -1.02. The SMILES string of the molecule is CP(C)(=O)CP(C)(=O)CC[C@H]1O[C@@H](n2cnc3c(N4CCC5(CCCCC5)C4)nc(Cl)nc32)[C@@H](O)C1O. The van der Waals surface area contributed by atoms with Crippen molar-refractivity contribution in [3.8, 4) is 0 Å². The first-order chi connectivity index (χ1) is 17.4. The number of hydrogen-bond acceptors (Lipinski definition) is 9. The van der Waals surface area contributed by atoms with Gasteiger partial charge in [-0.3, -0.25) is 4.57 Å². The molecule has 37 heavy (non-hydrogen) atoms. The Bertz CT molecular complexity index is 1250. The van der Waals surface area contributed by atoms with E-state index in [9.17, 15) is 19.3 Å². The zero-order valence-electron chi connectivity index (χ0n) is 21.8. The third-order valence-electron chi connectivity index (χ3n) is 8.17. The predicted molar refractivity (Wildman–Crippen MR) is 146 cm³/mol. The Labute approximate surface area is 222 Å². The van der Waals surface area contributed by atoms with Crippen LogP contribution >= 0.6 is 25.9 Å². The molecule has 0 radical (unpaired) electrons. The monoisotopic (exact) mass is 573 g/mol. The number of rotatable bonds is 7. The number of halogens is 1. The third-order valence-corrected chi connectivity index (χ3v) is 14.7. The van der Waals surface area contributed by atoms with Gasteiger partial charge in [0.1, 0.15) is 12.2 Å². The summed E-state index contributed by atoms with van der Waals surface area (Å²) in [7, 11) is -5.11.